The molecule has 1 atom stereocenters. The Morgan fingerprint density at radius 3 is 2.11 bits per heavy atom. The van der Waals surface area contributed by atoms with E-state index in [1.807, 2.05) is 6.92 Å². The minimum Gasteiger partial charge on any atom is -0.383 e. The van der Waals surface area contributed by atoms with Crippen molar-refractivity contribution in [3.63, 3.8) is 0 Å². The Balaban J connectivity index is 4.11. The van der Waals surface area contributed by atoms with E-state index in [0.29, 0.717) is 13.2 Å². The Labute approximate surface area is 116 Å². The van der Waals surface area contributed by atoms with Gasteiger partial charge in [-0.15, -0.1) is 0 Å². The summed E-state index contributed by atoms with van der Waals surface area (Å²) in [7, 11) is 5.15. The maximum Gasteiger partial charge on any atom is 0.237 e. The molecule has 19 heavy (non-hydrogen) atoms. The zero-order valence-corrected chi connectivity index (χ0v) is 12.7. The van der Waals surface area contributed by atoms with Gasteiger partial charge in [-0.1, -0.05) is 0 Å². The van der Waals surface area contributed by atoms with Gasteiger partial charge in [0.05, 0.1) is 18.8 Å². The Bertz CT molecular complexity index is 243. The maximum absolute atomic E-state index is 11.4. The molecule has 0 spiro atoms. The van der Waals surface area contributed by atoms with Crippen LogP contribution >= 0.6 is 0 Å². The highest BCUT2D eigenvalue weighted by Crippen LogP contribution is 2.11. The quantitative estimate of drug-likeness (QED) is 0.517. The molecule has 3 N–H and O–H groups in total. The Morgan fingerprint density at radius 2 is 1.74 bits per heavy atom. The largest absolute Gasteiger partial charge is 0.383 e. The number of hydrogen-bond acceptors (Lipinski definition) is 5. The number of carbonyl (C=O) groups is 1. The lowest BCUT2D eigenvalue weighted by atomic mass is 9.95. The Kier molecular flexibility index (Phi) is 9.77. The number of likely N-dealkylation sites (N-methyl/N-ethyl adjacent to an activating group) is 1. The SMILES string of the molecule is CNC(C)(CCCN(CCOC)CCOC)C(N)=O. The Morgan fingerprint density at radius 1 is 1.21 bits per heavy atom. The molecule has 0 aliphatic heterocycles. The van der Waals surface area contributed by atoms with Gasteiger partial charge in [-0.2, -0.15) is 0 Å². The van der Waals surface area contributed by atoms with E-state index in [2.05, 4.69) is 10.2 Å². The predicted octanol–water partition coefficient (Wildman–Crippen LogP) is -0.175. The second-order valence-electron chi connectivity index (χ2n) is 4.88. The number of carbonyl (C=O) groups excluding carboxylic acids is 1. The summed E-state index contributed by atoms with van der Waals surface area (Å²) < 4.78 is 10.2. The first kappa shape index (κ1) is 18.3. The van der Waals surface area contributed by atoms with Gasteiger partial charge in [0.15, 0.2) is 0 Å². The highest BCUT2D eigenvalue weighted by Gasteiger charge is 2.28. The molecule has 0 aromatic rings. The van der Waals surface area contributed by atoms with Gasteiger partial charge in [-0.25, -0.2) is 0 Å². The van der Waals surface area contributed by atoms with E-state index in [4.69, 9.17) is 15.2 Å². The zero-order chi connectivity index (χ0) is 14.7. The average Bonchev–Trinajstić information content (AvgIpc) is 2.40. The zero-order valence-electron chi connectivity index (χ0n) is 12.7. The molecular formula is C13H29N3O3. The third-order valence-corrected chi connectivity index (χ3v) is 3.47. The van der Waals surface area contributed by atoms with E-state index < -0.39 is 5.54 Å². The molecule has 0 radical (unpaired) electrons. The number of amides is 1. The van der Waals surface area contributed by atoms with Crippen molar-refractivity contribution in [3.8, 4) is 0 Å². The number of nitrogens with zero attached hydrogens (tertiary/aromatic N) is 1. The van der Waals surface area contributed by atoms with Gasteiger partial charge in [0.2, 0.25) is 5.91 Å². The predicted molar refractivity (Wildman–Crippen MR) is 76.1 cm³/mol. The smallest absolute Gasteiger partial charge is 0.237 e. The number of ether oxygens (including phenoxy) is 2. The molecule has 0 rings (SSSR count). The van der Waals surface area contributed by atoms with Gasteiger partial charge in [0, 0.05) is 27.3 Å². The lowest BCUT2D eigenvalue weighted by Crippen LogP contribution is -2.51. The molecule has 0 aromatic carbocycles. The third kappa shape index (κ3) is 7.47. The fraction of sp³-hybridized carbons (Fsp3) is 0.923. The highest BCUT2D eigenvalue weighted by atomic mass is 16.5. The van der Waals surface area contributed by atoms with Crippen LogP contribution in [-0.4, -0.2) is 70.5 Å². The van der Waals surface area contributed by atoms with E-state index >= 15 is 0 Å². The van der Waals surface area contributed by atoms with Crippen LogP contribution in [0.2, 0.25) is 0 Å². The van der Waals surface area contributed by atoms with Gasteiger partial charge < -0.3 is 20.5 Å². The van der Waals surface area contributed by atoms with Crippen LogP contribution in [0.3, 0.4) is 0 Å². The summed E-state index contributed by atoms with van der Waals surface area (Å²) in [4.78, 5) is 13.6. The molecule has 114 valence electrons. The molecule has 0 aliphatic rings. The first-order valence-electron chi connectivity index (χ1n) is 6.69. The topological polar surface area (TPSA) is 76.8 Å². The van der Waals surface area contributed by atoms with Gasteiger partial charge in [0.25, 0.3) is 0 Å². The molecule has 6 heteroatoms. The van der Waals surface area contributed by atoms with Crippen molar-refractivity contribution in [2.24, 2.45) is 5.73 Å². The van der Waals surface area contributed by atoms with Crippen LogP contribution in [0.25, 0.3) is 0 Å². The minimum atomic E-state index is -0.631. The highest BCUT2D eigenvalue weighted by molar-refractivity contribution is 5.84. The summed E-state index contributed by atoms with van der Waals surface area (Å²) in [6.07, 6.45) is 1.61. The second-order valence-corrected chi connectivity index (χ2v) is 4.88. The summed E-state index contributed by atoms with van der Waals surface area (Å²) in [6, 6.07) is 0. The standard InChI is InChI=1S/C13H29N3O3/c1-13(15-2,12(14)17)6-5-7-16(8-10-18-3)9-11-19-4/h15H,5-11H2,1-4H3,(H2,14,17). The van der Waals surface area contributed by atoms with Crippen molar-refractivity contribution in [2.75, 3.05) is 54.1 Å². The lowest BCUT2D eigenvalue weighted by Gasteiger charge is -2.27. The summed E-state index contributed by atoms with van der Waals surface area (Å²) in [6.45, 7) is 5.87. The van der Waals surface area contributed by atoms with E-state index in [1.165, 1.54) is 0 Å². The van der Waals surface area contributed by atoms with E-state index in [0.717, 1.165) is 32.5 Å². The first-order chi connectivity index (χ1) is 9.00. The second kappa shape index (κ2) is 10.1. The Hall–Kier alpha value is -0.690. The van der Waals surface area contributed by atoms with Crippen LogP contribution in [0.4, 0.5) is 0 Å². The molecular weight excluding hydrogens is 246 g/mol. The molecule has 1 unspecified atom stereocenters. The fourth-order valence-electron chi connectivity index (χ4n) is 1.80. The first-order valence-corrected chi connectivity index (χ1v) is 6.69. The lowest BCUT2D eigenvalue weighted by molar-refractivity contribution is -0.123. The number of primary amides is 1. The van der Waals surface area contributed by atoms with Crippen LogP contribution < -0.4 is 11.1 Å². The molecule has 0 heterocycles. The summed E-state index contributed by atoms with van der Waals surface area (Å²) in [5.74, 6) is -0.310. The van der Waals surface area contributed by atoms with Crippen molar-refractivity contribution in [1.29, 1.82) is 0 Å². The molecule has 0 aliphatic carbocycles. The number of nitrogens with two attached hydrogens (primary N) is 1. The molecule has 0 fully saturated rings. The third-order valence-electron chi connectivity index (χ3n) is 3.47. The molecule has 1 amide bonds. The summed E-state index contributed by atoms with van der Waals surface area (Å²) in [5, 5.41) is 3.00. The van der Waals surface area contributed by atoms with E-state index in [9.17, 15) is 4.79 Å². The average molecular weight is 275 g/mol. The summed E-state index contributed by atoms with van der Waals surface area (Å²) in [5.41, 5.74) is 4.77. The van der Waals surface area contributed by atoms with Crippen LogP contribution in [0.5, 0.6) is 0 Å². The number of hydrogen-bond donors (Lipinski definition) is 2. The molecule has 0 saturated carbocycles. The van der Waals surface area contributed by atoms with Crippen molar-refractivity contribution in [2.45, 2.75) is 25.3 Å². The summed E-state index contributed by atoms with van der Waals surface area (Å²) >= 11 is 0. The minimum absolute atomic E-state index is 0.310. The molecule has 0 aromatic heterocycles. The maximum atomic E-state index is 11.4. The van der Waals surface area contributed by atoms with Crippen molar-refractivity contribution in [3.05, 3.63) is 0 Å². The monoisotopic (exact) mass is 275 g/mol. The number of methoxy groups -OCH3 is 2. The van der Waals surface area contributed by atoms with Crippen LogP contribution in [0, 0.1) is 0 Å². The number of nitrogens with one attached hydrogen (secondary N) is 1. The van der Waals surface area contributed by atoms with Crippen molar-refractivity contribution >= 4 is 5.91 Å². The van der Waals surface area contributed by atoms with Gasteiger partial charge in [0.1, 0.15) is 0 Å². The van der Waals surface area contributed by atoms with Crippen LogP contribution in [0.15, 0.2) is 0 Å². The van der Waals surface area contributed by atoms with E-state index in [-0.39, 0.29) is 5.91 Å². The van der Waals surface area contributed by atoms with Crippen molar-refractivity contribution in [1.82, 2.24) is 10.2 Å². The molecule has 0 saturated heterocycles. The van der Waals surface area contributed by atoms with E-state index in [1.54, 1.807) is 21.3 Å². The fourth-order valence-corrected chi connectivity index (χ4v) is 1.80. The molecule has 0 bridgehead atoms. The van der Waals surface area contributed by atoms with Crippen LogP contribution in [-0.2, 0) is 14.3 Å². The van der Waals surface area contributed by atoms with Crippen LogP contribution in [0.1, 0.15) is 19.8 Å². The van der Waals surface area contributed by atoms with Gasteiger partial charge >= 0.3 is 0 Å². The van der Waals surface area contributed by atoms with Gasteiger partial charge in [-0.05, 0) is 33.4 Å². The van der Waals surface area contributed by atoms with Gasteiger partial charge in [-0.3, -0.25) is 9.69 Å². The molecule has 6 nitrogen and oxygen atoms in total. The number of rotatable bonds is 12. The normalized spacial score (nSPS) is 14.6. The van der Waals surface area contributed by atoms with Crippen molar-refractivity contribution < 1.29 is 14.3 Å².